The van der Waals surface area contributed by atoms with Gasteiger partial charge in [-0.1, -0.05) is 0 Å². The van der Waals surface area contributed by atoms with Crippen LogP contribution in [0.4, 0.5) is 5.69 Å². The molecule has 2 heterocycles. The molecule has 3 nitrogen and oxygen atoms in total. The molecule has 1 aromatic heterocycles. The Morgan fingerprint density at radius 3 is 3.25 bits per heavy atom. The summed E-state index contributed by atoms with van der Waals surface area (Å²) in [5.74, 6) is 0.902. The van der Waals surface area contributed by atoms with Gasteiger partial charge >= 0.3 is 0 Å². The SMILES string of the molecule is COc1ccc2c(c1)Cc1ncsc1CN2. The molecule has 0 atom stereocenters. The van der Waals surface area contributed by atoms with E-state index in [4.69, 9.17) is 4.74 Å². The van der Waals surface area contributed by atoms with Gasteiger partial charge in [-0.15, -0.1) is 11.3 Å². The monoisotopic (exact) mass is 232 g/mol. The quantitative estimate of drug-likeness (QED) is 0.820. The van der Waals surface area contributed by atoms with Gasteiger partial charge in [-0.25, -0.2) is 4.98 Å². The number of anilines is 1. The molecular formula is C12H12N2OS. The molecule has 0 saturated heterocycles. The van der Waals surface area contributed by atoms with Gasteiger partial charge in [0, 0.05) is 17.0 Å². The number of aromatic nitrogens is 1. The fourth-order valence-electron chi connectivity index (χ4n) is 1.95. The van der Waals surface area contributed by atoms with E-state index in [1.165, 1.54) is 21.8 Å². The smallest absolute Gasteiger partial charge is 0.119 e. The zero-order valence-corrected chi connectivity index (χ0v) is 9.80. The molecule has 0 aliphatic carbocycles. The summed E-state index contributed by atoms with van der Waals surface area (Å²) in [4.78, 5) is 5.74. The number of fused-ring (bicyclic) bond motifs is 2. The Morgan fingerprint density at radius 2 is 2.38 bits per heavy atom. The van der Waals surface area contributed by atoms with E-state index in [2.05, 4.69) is 22.4 Å². The van der Waals surface area contributed by atoms with Gasteiger partial charge in [0.2, 0.25) is 0 Å². The number of nitrogens with one attached hydrogen (secondary N) is 1. The van der Waals surface area contributed by atoms with E-state index in [1.54, 1.807) is 18.4 Å². The third-order valence-electron chi connectivity index (χ3n) is 2.84. The fraction of sp³-hybridized carbons (Fsp3) is 0.250. The largest absolute Gasteiger partial charge is 0.497 e. The zero-order valence-electron chi connectivity index (χ0n) is 8.99. The van der Waals surface area contributed by atoms with E-state index in [-0.39, 0.29) is 0 Å². The molecule has 0 fully saturated rings. The maximum atomic E-state index is 5.24. The van der Waals surface area contributed by atoms with Crippen LogP contribution in [0.2, 0.25) is 0 Å². The molecule has 3 rings (SSSR count). The minimum absolute atomic E-state index is 0.874. The van der Waals surface area contributed by atoms with E-state index in [1.807, 2.05) is 11.6 Å². The van der Waals surface area contributed by atoms with Crippen molar-refractivity contribution < 1.29 is 4.74 Å². The van der Waals surface area contributed by atoms with Crippen LogP contribution in [0.5, 0.6) is 5.75 Å². The second-order valence-corrected chi connectivity index (χ2v) is 4.71. The lowest BCUT2D eigenvalue weighted by atomic mass is 10.1. The molecule has 1 aliphatic heterocycles. The van der Waals surface area contributed by atoms with Crippen molar-refractivity contribution in [3.8, 4) is 5.75 Å². The molecule has 4 heteroatoms. The molecule has 1 aliphatic rings. The molecule has 0 bridgehead atoms. The number of ether oxygens (including phenoxy) is 1. The van der Waals surface area contributed by atoms with Crippen molar-refractivity contribution in [1.29, 1.82) is 0 Å². The zero-order chi connectivity index (χ0) is 11.0. The predicted molar refractivity (Wildman–Crippen MR) is 65.2 cm³/mol. The van der Waals surface area contributed by atoms with Gasteiger partial charge in [0.05, 0.1) is 24.9 Å². The van der Waals surface area contributed by atoms with Crippen molar-refractivity contribution in [3.05, 3.63) is 39.8 Å². The summed E-state index contributed by atoms with van der Waals surface area (Å²) >= 11 is 1.71. The van der Waals surface area contributed by atoms with Crippen molar-refractivity contribution >= 4 is 17.0 Å². The maximum Gasteiger partial charge on any atom is 0.119 e. The van der Waals surface area contributed by atoms with E-state index < -0.39 is 0 Å². The Balaban J connectivity index is 2.05. The number of rotatable bonds is 1. The average Bonchev–Trinajstić information content (AvgIpc) is 2.68. The summed E-state index contributed by atoms with van der Waals surface area (Å²) < 4.78 is 5.24. The highest BCUT2D eigenvalue weighted by Crippen LogP contribution is 2.29. The third-order valence-corrected chi connectivity index (χ3v) is 3.71. The molecule has 0 saturated carbocycles. The summed E-state index contributed by atoms with van der Waals surface area (Å²) in [6.45, 7) is 0.874. The molecule has 1 N–H and O–H groups in total. The Bertz CT molecular complexity index is 521. The van der Waals surface area contributed by atoms with Gasteiger partial charge in [0.15, 0.2) is 0 Å². The summed E-state index contributed by atoms with van der Waals surface area (Å²) in [5, 5.41) is 3.43. The Kier molecular flexibility index (Phi) is 2.29. The van der Waals surface area contributed by atoms with Crippen molar-refractivity contribution in [2.45, 2.75) is 13.0 Å². The van der Waals surface area contributed by atoms with Crippen molar-refractivity contribution in [3.63, 3.8) is 0 Å². The Hall–Kier alpha value is -1.55. The highest BCUT2D eigenvalue weighted by Gasteiger charge is 2.15. The van der Waals surface area contributed by atoms with Crippen LogP contribution in [0, 0.1) is 0 Å². The fourth-order valence-corrected chi connectivity index (χ4v) is 2.68. The first kappa shape index (κ1) is 9.66. The van der Waals surface area contributed by atoms with Gasteiger partial charge in [-0.2, -0.15) is 0 Å². The number of thiazole rings is 1. The second kappa shape index (κ2) is 3.79. The van der Waals surface area contributed by atoms with E-state index in [0.717, 1.165) is 18.7 Å². The summed E-state index contributed by atoms with van der Waals surface area (Å²) in [6.07, 6.45) is 0.887. The van der Waals surface area contributed by atoms with Crippen LogP contribution in [0.1, 0.15) is 16.1 Å². The van der Waals surface area contributed by atoms with Crippen LogP contribution in [0.25, 0.3) is 0 Å². The lowest BCUT2D eigenvalue weighted by Gasteiger charge is -2.08. The molecule has 0 unspecified atom stereocenters. The van der Waals surface area contributed by atoms with Crippen LogP contribution < -0.4 is 10.1 Å². The van der Waals surface area contributed by atoms with Gasteiger partial charge in [-0.05, 0) is 23.8 Å². The Labute approximate surface area is 98.1 Å². The number of methoxy groups -OCH3 is 1. The van der Waals surface area contributed by atoms with Gasteiger partial charge in [0.1, 0.15) is 5.75 Å². The standard InChI is InChI=1S/C12H12N2OS/c1-15-9-2-3-10-8(4-9)5-11-12(6-13-10)16-7-14-11/h2-4,7,13H,5-6H2,1H3. The summed E-state index contributed by atoms with van der Waals surface area (Å²) in [6, 6.07) is 6.14. The molecule has 16 heavy (non-hydrogen) atoms. The topological polar surface area (TPSA) is 34.1 Å². The van der Waals surface area contributed by atoms with Gasteiger partial charge < -0.3 is 10.1 Å². The van der Waals surface area contributed by atoms with E-state index in [0.29, 0.717) is 0 Å². The van der Waals surface area contributed by atoms with E-state index in [9.17, 15) is 0 Å². The predicted octanol–water partition coefficient (Wildman–Crippen LogP) is 2.67. The molecule has 2 aromatic rings. The Morgan fingerprint density at radius 1 is 1.44 bits per heavy atom. The van der Waals surface area contributed by atoms with Gasteiger partial charge in [-0.3, -0.25) is 0 Å². The highest BCUT2D eigenvalue weighted by molar-refractivity contribution is 7.09. The maximum absolute atomic E-state index is 5.24. The summed E-state index contributed by atoms with van der Waals surface area (Å²) in [5.41, 5.74) is 5.54. The number of hydrogen-bond acceptors (Lipinski definition) is 4. The van der Waals surface area contributed by atoms with Crippen molar-refractivity contribution in [2.24, 2.45) is 0 Å². The van der Waals surface area contributed by atoms with Crippen LogP contribution in [-0.2, 0) is 13.0 Å². The molecule has 0 radical (unpaired) electrons. The van der Waals surface area contributed by atoms with Crippen LogP contribution >= 0.6 is 11.3 Å². The lowest BCUT2D eigenvalue weighted by molar-refractivity contribution is 0.414. The first-order valence-electron chi connectivity index (χ1n) is 5.19. The normalized spacial score (nSPS) is 13.3. The third kappa shape index (κ3) is 1.55. The molecule has 0 amide bonds. The van der Waals surface area contributed by atoms with Crippen molar-refractivity contribution in [2.75, 3.05) is 12.4 Å². The number of benzene rings is 1. The van der Waals surface area contributed by atoms with Crippen LogP contribution in [-0.4, -0.2) is 12.1 Å². The van der Waals surface area contributed by atoms with Crippen LogP contribution in [0.3, 0.4) is 0 Å². The first-order chi connectivity index (χ1) is 7.86. The van der Waals surface area contributed by atoms with Crippen molar-refractivity contribution in [1.82, 2.24) is 4.98 Å². The summed E-state index contributed by atoms with van der Waals surface area (Å²) in [7, 11) is 1.69. The second-order valence-electron chi connectivity index (χ2n) is 3.78. The van der Waals surface area contributed by atoms with E-state index >= 15 is 0 Å². The number of hydrogen-bond donors (Lipinski definition) is 1. The molecule has 1 aromatic carbocycles. The average molecular weight is 232 g/mol. The first-order valence-corrected chi connectivity index (χ1v) is 6.07. The van der Waals surface area contributed by atoms with Gasteiger partial charge in [0.25, 0.3) is 0 Å². The number of nitrogens with zero attached hydrogens (tertiary/aromatic N) is 1. The lowest BCUT2D eigenvalue weighted by Crippen LogP contribution is -1.97. The minimum atomic E-state index is 0.874. The highest BCUT2D eigenvalue weighted by atomic mass is 32.1. The molecule has 0 spiro atoms. The molecule has 82 valence electrons. The van der Waals surface area contributed by atoms with Crippen LogP contribution in [0.15, 0.2) is 23.7 Å². The molecular weight excluding hydrogens is 220 g/mol. The minimum Gasteiger partial charge on any atom is -0.497 e.